The summed E-state index contributed by atoms with van der Waals surface area (Å²) >= 11 is 9.20. The summed E-state index contributed by atoms with van der Waals surface area (Å²) in [6, 6.07) is 14.4. The Hall–Kier alpha value is -1.04. The molecule has 20 heavy (non-hydrogen) atoms. The highest BCUT2D eigenvalue weighted by Crippen LogP contribution is 2.26. The number of nitrogens with one attached hydrogen (secondary N) is 1. The summed E-state index contributed by atoms with van der Waals surface area (Å²) in [5, 5.41) is 0.466. The first kappa shape index (κ1) is 15.4. The summed E-state index contributed by atoms with van der Waals surface area (Å²) in [7, 11) is -3.39. The molecule has 3 nitrogen and oxygen atoms in total. The molecule has 0 aliphatic heterocycles. The van der Waals surface area contributed by atoms with Gasteiger partial charge in [-0.05, 0) is 46.1 Å². The second kappa shape index (κ2) is 6.61. The average molecular weight is 375 g/mol. The molecule has 0 fully saturated rings. The third-order valence-electron chi connectivity index (χ3n) is 2.70. The molecule has 0 heterocycles. The molecule has 0 saturated heterocycles. The fourth-order valence-electron chi connectivity index (χ4n) is 1.69. The Kier molecular flexibility index (Phi) is 5.07. The number of aryl methyl sites for hydroxylation is 1. The minimum Gasteiger partial charge on any atom is -0.283 e. The molecule has 106 valence electrons. The first-order valence-corrected chi connectivity index (χ1v) is 8.78. The van der Waals surface area contributed by atoms with E-state index < -0.39 is 10.0 Å². The van der Waals surface area contributed by atoms with Gasteiger partial charge in [0.05, 0.1) is 16.5 Å². The lowest BCUT2D eigenvalue weighted by molar-refractivity contribution is 0.600. The van der Waals surface area contributed by atoms with Gasteiger partial charge in [0.2, 0.25) is 10.0 Å². The van der Waals surface area contributed by atoms with Crippen molar-refractivity contribution in [2.75, 3.05) is 10.5 Å². The van der Waals surface area contributed by atoms with E-state index in [1.54, 1.807) is 18.2 Å². The predicted molar refractivity (Wildman–Crippen MR) is 86.7 cm³/mol. The van der Waals surface area contributed by atoms with E-state index in [9.17, 15) is 8.42 Å². The monoisotopic (exact) mass is 373 g/mol. The summed E-state index contributed by atoms with van der Waals surface area (Å²) < 4.78 is 27.3. The molecular weight excluding hydrogens is 362 g/mol. The third kappa shape index (κ3) is 4.51. The van der Waals surface area contributed by atoms with Crippen molar-refractivity contribution in [3.8, 4) is 0 Å². The van der Waals surface area contributed by atoms with Crippen LogP contribution in [0, 0.1) is 0 Å². The zero-order chi connectivity index (χ0) is 14.6. The van der Waals surface area contributed by atoms with E-state index >= 15 is 0 Å². The van der Waals surface area contributed by atoms with E-state index in [0.717, 1.165) is 10.0 Å². The predicted octanol–water partition coefficient (Wildman–Crippen LogP) is 4.09. The number of halogens is 2. The van der Waals surface area contributed by atoms with Crippen LogP contribution in [0.25, 0.3) is 0 Å². The Labute approximate surface area is 132 Å². The second-order valence-electron chi connectivity index (χ2n) is 4.29. The minimum atomic E-state index is -3.39. The Morgan fingerprint density at radius 1 is 1.10 bits per heavy atom. The highest BCUT2D eigenvalue weighted by molar-refractivity contribution is 9.10. The van der Waals surface area contributed by atoms with Gasteiger partial charge in [-0.15, -0.1) is 0 Å². The first-order valence-electron chi connectivity index (χ1n) is 5.96. The highest BCUT2D eigenvalue weighted by Gasteiger charge is 2.11. The van der Waals surface area contributed by atoms with Gasteiger partial charge in [0.25, 0.3) is 0 Å². The van der Waals surface area contributed by atoms with Crippen LogP contribution in [-0.4, -0.2) is 14.2 Å². The van der Waals surface area contributed by atoms with Crippen LogP contribution in [-0.2, 0) is 16.4 Å². The van der Waals surface area contributed by atoms with Crippen molar-refractivity contribution >= 4 is 43.2 Å². The fraction of sp³-hybridized carbons (Fsp3) is 0.143. The first-order chi connectivity index (χ1) is 9.46. The average Bonchev–Trinajstić information content (AvgIpc) is 2.42. The van der Waals surface area contributed by atoms with Gasteiger partial charge < -0.3 is 0 Å². The van der Waals surface area contributed by atoms with Gasteiger partial charge >= 0.3 is 0 Å². The molecule has 0 aliphatic rings. The van der Waals surface area contributed by atoms with Crippen LogP contribution in [0.4, 0.5) is 5.69 Å². The summed E-state index contributed by atoms with van der Waals surface area (Å²) in [5.41, 5.74) is 1.46. The summed E-state index contributed by atoms with van der Waals surface area (Å²) in [6.07, 6.45) is 0.473. The van der Waals surface area contributed by atoms with E-state index in [1.165, 1.54) is 0 Å². The molecule has 0 atom stereocenters. The second-order valence-corrected chi connectivity index (χ2v) is 7.39. The Bertz CT molecular complexity index is 690. The van der Waals surface area contributed by atoms with Crippen molar-refractivity contribution < 1.29 is 8.42 Å². The minimum absolute atomic E-state index is 0.0324. The molecule has 0 saturated carbocycles. The zero-order valence-electron chi connectivity index (χ0n) is 10.5. The quantitative estimate of drug-likeness (QED) is 0.857. The molecule has 0 aliphatic carbocycles. The highest BCUT2D eigenvalue weighted by atomic mass is 79.9. The van der Waals surface area contributed by atoms with Crippen LogP contribution in [0.2, 0.25) is 5.02 Å². The topological polar surface area (TPSA) is 46.2 Å². The molecule has 0 amide bonds. The SMILES string of the molecule is O=S(=O)(CCc1ccccc1)Nc1ccc(Br)c(Cl)c1. The Morgan fingerprint density at radius 3 is 2.45 bits per heavy atom. The lowest BCUT2D eigenvalue weighted by atomic mass is 10.2. The molecule has 0 radical (unpaired) electrons. The number of anilines is 1. The molecule has 2 aromatic carbocycles. The van der Waals surface area contributed by atoms with Crippen molar-refractivity contribution in [1.29, 1.82) is 0 Å². The van der Waals surface area contributed by atoms with Gasteiger partial charge in [-0.3, -0.25) is 4.72 Å². The van der Waals surface area contributed by atoms with Gasteiger partial charge in [-0.25, -0.2) is 8.42 Å². The van der Waals surface area contributed by atoms with Crippen LogP contribution in [0.1, 0.15) is 5.56 Å². The van der Waals surface area contributed by atoms with E-state index in [1.807, 2.05) is 30.3 Å². The van der Waals surface area contributed by atoms with Crippen LogP contribution in [0.3, 0.4) is 0 Å². The third-order valence-corrected chi connectivity index (χ3v) is 5.22. The number of hydrogen-bond donors (Lipinski definition) is 1. The number of sulfonamides is 1. The smallest absolute Gasteiger partial charge is 0.233 e. The van der Waals surface area contributed by atoms with E-state index in [4.69, 9.17) is 11.6 Å². The number of hydrogen-bond acceptors (Lipinski definition) is 2. The molecule has 2 aromatic rings. The van der Waals surface area contributed by atoms with Crippen LogP contribution < -0.4 is 4.72 Å². The standard InChI is InChI=1S/C14H13BrClNO2S/c15-13-7-6-12(10-14(13)16)17-20(18,19)9-8-11-4-2-1-3-5-11/h1-7,10,17H,8-9H2. The van der Waals surface area contributed by atoms with Crippen LogP contribution in [0.5, 0.6) is 0 Å². The van der Waals surface area contributed by atoms with Crippen molar-refractivity contribution in [3.05, 3.63) is 63.6 Å². The van der Waals surface area contributed by atoms with Crippen molar-refractivity contribution in [3.63, 3.8) is 0 Å². The molecular formula is C14H13BrClNO2S. The van der Waals surface area contributed by atoms with Gasteiger partial charge in [0.1, 0.15) is 0 Å². The molecule has 0 unspecified atom stereocenters. The molecule has 0 aromatic heterocycles. The Balaban J connectivity index is 2.02. The van der Waals surface area contributed by atoms with Crippen molar-refractivity contribution in [1.82, 2.24) is 0 Å². The number of benzene rings is 2. The van der Waals surface area contributed by atoms with Crippen molar-refractivity contribution in [2.24, 2.45) is 0 Å². The molecule has 1 N–H and O–H groups in total. The maximum atomic E-state index is 12.0. The van der Waals surface area contributed by atoms with Crippen LogP contribution in [0.15, 0.2) is 53.0 Å². The number of rotatable bonds is 5. The van der Waals surface area contributed by atoms with E-state index in [2.05, 4.69) is 20.7 Å². The summed E-state index contributed by atoms with van der Waals surface area (Å²) in [6.45, 7) is 0. The van der Waals surface area contributed by atoms with Crippen molar-refractivity contribution in [2.45, 2.75) is 6.42 Å². The molecule has 6 heteroatoms. The van der Waals surface area contributed by atoms with Gasteiger partial charge in [-0.2, -0.15) is 0 Å². The lowest BCUT2D eigenvalue weighted by Gasteiger charge is -2.09. The zero-order valence-corrected chi connectivity index (χ0v) is 13.7. The fourth-order valence-corrected chi connectivity index (χ4v) is 3.21. The summed E-state index contributed by atoms with van der Waals surface area (Å²) in [4.78, 5) is 0. The summed E-state index contributed by atoms with van der Waals surface area (Å²) in [5.74, 6) is 0.0324. The van der Waals surface area contributed by atoms with Gasteiger partial charge in [-0.1, -0.05) is 41.9 Å². The Morgan fingerprint density at radius 2 is 1.80 bits per heavy atom. The maximum Gasteiger partial charge on any atom is 0.233 e. The lowest BCUT2D eigenvalue weighted by Crippen LogP contribution is -2.18. The van der Waals surface area contributed by atoms with E-state index in [0.29, 0.717) is 17.1 Å². The molecule has 0 bridgehead atoms. The molecule has 0 spiro atoms. The van der Waals surface area contributed by atoms with Gasteiger partial charge in [0, 0.05) is 4.47 Å². The molecule has 2 rings (SSSR count). The van der Waals surface area contributed by atoms with E-state index in [-0.39, 0.29) is 5.75 Å². The maximum absolute atomic E-state index is 12.0. The largest absolute Gasteiger partial charge is 0.283 e. The van der Waals surface area contributed by atoms with Crippen LogP contribution >= 0.6 is 27.5 Å². The van der Waals surface area contributed by atoms with Gasteiger partial charge in [0.15, 0.2) is 0 Å². The normalized spacial score (nSPS) is 11.3.